The molecule has 0 aliphatic heterocycles. The van der Waals surface area contributed by atoms with Gasteiger partial charge in [-0.1, -0.05) is 12.8 Å². The van der Waals surface area contributed by atoms with E-state index >= 15 is 0 Å². The Bertz CT molecular complexity index is 312. The zero-order valence-corrected chi connectivity index (χ0v) is 10.9. The van der Waals surface area contributed by atoms with Crippen molar-refractivity contribution >= 4 is 11.9 Å². The van der Waals surface area contributed by atoms with Crippen molar-refractivity contribution in [3.05, 3.63) is 0 Å². The molecule has 2 saturated carbocycles. The molecule has 102 valence electrons. The molecule has 0 radical (unpaired) electrons. The predicted molar refractivity (Wildman–Crippen MR) is 68.1 cm³/mol. The van der Waals surface area contributed by atoms with Crippen molar-refractivity contribution in [2.24, 2.45) is 17.8 Å². The van der Waals surface area contributed by atoms with Crippen molar-refractivity contribution in [3.8, 4) is 0 Å². The van der Waals surface area contributed by atoms with Crippen LogP contribution in [0, 0.1) is 17.8 Å². The highest BCUT2D eigenvalue weighted by Crippen LogP contribution is 2.54. The molecule has 2 atom stereocenters. The summed E-state index contributed by atoms with van der Waals surface area (Å²) in [5.74, 6) is 1.39. The average Bonchev–Trinajstić information content (AvgIpc) is 3.15. The van der Waals surface area contributed by atoms with Crippen LogP contribution in [-0.4, -0.2) is 23.5 Å². The van der Waals surface area contributed by atoms with Gasteiger partial charge in [0, 0.05) is 18.9 Å². The maximum atomic E-state index is 11.7. The summed E-state index contributed by atoms with van der Waals surface area (Å²) >= 11 is 0. The second kappa shape index (κ2) is 6.21. The number of hydrogen-bond acceptors (Lipinski definition) is 2. The molecule has 2 fully saturated rings. The molecule has 4 nitrogen and oxygen atoms in total. The van der Waals surface area contributed by atoms with Crippen LogP contribution in [0.1, 0.15) is 51.4 Å². The van der Waals surface area contributed by atoms with Crippen LogP contribution in [0.4, 0.5) is 0 Å². The highest BCUT2D eigenvalue weighted by Gasteiger charge is 2.50. The lowest BCUT2D eigenvalue weighted by atomic mass is 10.1. The molecule has 0 saturated heterocycles. The smallest absolute Gasteiger partial charge is 0.303 e. The van der Waals surface area contributed by atoms with E-state index < -0.39 is 5.97 Å². The Morgan fingerprint density at radius 1 is 1.11 bits per heavy atom. The summed E-state index contributed by atoms with van der Waals surface area (Å²) in [5.41, 5.74) is 0. The van der Waals surface area contributed by atoms with E-state index in [2.05, 4.69) is 5.32 Å². The topological polar surface area (TPSA) is 66.4 Å². The van der Waals surface area contributed by atoms with Gasteiger partial charge in [0.25, 0.3) is 0 Å². The third kappa shape index (κ3) is 4.31. The average molecular weight is 253 g/mol. The zero-order valence-electron chi connectivity index (χ0n) is 10.9. The molecule has 0 aromatic carbocycles. The molecule has 0 aromatic rings. The van der Waals surface area contributed by atoms with Crippen LogP contribution < -0.4 is 5.32 Å². The Morgan fingerprint density at radius 2 is 1.83 bits per heavy atom. The molecule has 4 heteroatoms. The van der Waals surface area contributed by atoms with Crippen molar-refractivity contribution in [1.29, 1.82) is 0 Å². The summed E-state index contributed by atoms with van der Waals surface area (Å²) in [5, 5.41) is 11.5. The van der Waals surface area contributed by atoms with Gasteiger partial charge in [-0.3, -0.25) is 9.59 Å². The number of unbranched alkanes of at least 4 members (excludes halogenated alkanes) is 3. The van der Waals surface area contributed by atoms with Gasteiger partial charge in [0.2, 0.25) is 5.91 Å². The predicted octanol–water partition coefficient (Wildman–Crippen LogP) is 2.18. The molecule has 0 heterocycles. The van der Waals surface area contributed by atoms with Crippen LogP contribution in [0.5, 0.6) is 0 Å². The molecule has 2 N–H and O–H groups in total. The molecule has 18 heavy (non-hydrogen) atoms. The molecule has 0 aromatic heterocycles. The first-order valence-corrected chi connectivity index (χ1v) is 7.18. The van der Waals surface area contributed by atoms with Gasteiger partial charge in [0.15, 0.2) is 0 Å². The van der Waals surface area contributed by atoms with Crippen molar-refractivity contribution in [2.45, 2.75) is 51.4 Å². The first kappa shape index (κ1) is 13.4. The van der Waals surface area contributed by atoms with Crippen LogP contribution >= 0.6 is 0 Å². The van der Waals surface area contributed by atoms with Crippen LogP contribution in [0.15, 0.2) is 0 Å². The fourth-order valence-electron chi connectivity index (χ4n) is 2.66. The Morgan fingerprint density at radius 3 is 2.50 bits per heavy atom. The number of nitrogens with one attached hydrogen (secondary N) is 1. The Hall–Kier alpha value is -1.06. The summed E-state index contributed by atoms with van der Waals surface area (Å²) in [6.07, 6.45) is 7.69. The van der Waals surface area contributed by atoms with E-state index in [4.69, 9.17) is 5.11 Å². The first-order valence-electron chi connectivity index (χ1n) is 7.18. The van der Waals surface area contributed by atoms with Crippen molar-refractivity contribution in [2.75, 3.05) is 6.54 Å². The van der Waals surface area contributed by atoms with Crippen molar-refractivity contribution in [1.82, 2.24) is 5.32 Å². The summed E-state index contributed by atoms with van der Waals surface area (Å²) in [4.78, 5) is 22.0. The SMILES string of the molecule is O=C(O)CCCCCCNC(=O)C1CC1C1CC1. The molecule has 2 rings (SSSR count). The summed E-state index contributed by atoms with van der Waals surface area (Å²) in [6.45, 7) is 0.750. The molecular weight excluding hydrogens is 230 g/mol. The largest absolute Gasteiger partial charge is 0.481 e. The lowest BCUT2D eigenvalue weighted by Crippen LogP contribution is -2.26. The van der Waals surface area contributed by atoms with Crippen LogP contribution in [-0.2, 0) is 9.59 Å². The van der Waals surface area contributed by atoms with E-state index in [0.29, 0.717) is 11.8 Å². The van der Waals surface area contributed by atoms with Crippen LogP contribution in [0.3, 0.4) is 0 Å². The lowest BCUT2D eigenvalue weighted by Gasteiger charge is -2.04. The van der Waals surface area contributed by atoms with Crippen LogP contribution in [0.2, 0.25) is 0 Å². The molecule has 2 aliphatic rings. The van der Waals surface area contributed by atoms with Gasteiger partial charge >= 0.3 is 5.97 Å². The number of rotatable bonds is 9. The van der Waals surface area contributed by atoms with Gasteiger partial charge in [0.1, 0.15) is 0 Å². The quantitative estimate of drug-likeness (QED) is 0.619. The monoisotopic (exact) mass is 253 g/mol. The minimum Gasteiger partial charge on any atom is -0.481 e. The minimum absolute atomic E-state index is 0.248. The third-order valence-corrected chi connectivity index (χ3v) is 4.02. The Labute approximate surface area is 108 Å². The van der Waals surface area contributed by atoms with Crippen molar-refractivity contribution in [3.63, 3.8) is 0 Å². The molecule has 1 amide bonds. The fraction of sp³-hybridized carbons (Fsp3) is 0.857. The highest BCUT2D eigenvalue weighted by atomic mass is 16.4. The van der Waals surface area contributed by atoms with E-state index in [0.717, 1.165) is 44.6 Å². The van der Waals surface area contributed by atoms with Gasteiger partial charge in [-0.2, -0.15) is 0 Å². The second-order valence-electron chi connectivity index (χ2n) is 5.69. The number of carbonyl (C=O) groups excluding carboxylic acids is 1. The maximum Gasteiger partial charge on any atom is 0.303 e. The fourth-order valence-corrected chi connectivity index (χ4v) is 2.66. The van der Waals surface area contributed by atoms with Gasteiger partial charge in [-0.15, -0.1) is 0 Å². The van der Waals surface area contributed by atoms with E-state index in [1.807, 2.05) is 0 Å². The standard InChI is InChI=1S/C14H23NO3/c16-13(17)5-3-1-2-4-8-15-14(18)12-9-11(12)10-6-7-10/h10-12H,1-9H2,(H,15,18)(H,16,17). The van der Waals surface area contributed by atoms with E-state index in [1.165, 1.54) is 12.8 Å². The van der Waals surface area contributed by atoms with Gasteiger partial charge < -0.3 is 10.4 Å². The number of carbonyl (C=O) groups is 2. The third-order valence-electron chi connectivity index (χ3n) is 4.02. The summed E-state index contributed by atoms with van der Waals surface area (Å²) in [7, 11) is 0. The molecule has 2 aliphatic carbocycles. The van der Waals surface area contributed by atoms with E-state index in [1.54, 1.807) is 0 Å². The molecule has 0 bridgehead atoms. The number of carboxylic acids is 1. The first-order chi connectivity index (χ1) is 8.68. The molecular formula is C14H23NO3. The number of amides is 1. The normalized spacial score (nSPS) is 25.8. The van der Waals surface area contributed by atoms with Crippen molar-refractivity contribution < 1.29 is 14.7 Å². The number of hydrogen-bond donors (Lipinski definition) is 2. The van der Waals surface area contributed by atoms with Crippen LogP contribution in [0.25, 0.3) is 0 Å². The number of aliphatic carboxylic acids is 1. The number of carboxylic acid groups (broad SMARTS) is 1. The van der Waals surface area contributed by atoms with Gasteiger partial charge in [-0.25, -0.2) is 0 Å². The van der Waals surface area contributed by atoms with E-state index in [9.17, 15) is 9.59 Å². The second-order valence-corrected chi connectivity index (χ2v) is 5.69. The minimum atomic E-state index is -0.719. The van der Waals surface area contributed by atoms with E-state index in [-0.39, 0.29) is 12.3 Å². The molecule has 2 unspecified atom stereocenters. The summed E-state index contributed by atoms with van der Waals surface area (Å²) < 4.78 is 0. The lowest BCUT2D eigenvalue weighted by molar-refractivity contribution is -0.137. The summed E-state index contributed by atoms with van der Waals surface area (Å²) in [6, 6.07) is 0. The Kier molecular flexibility index (Phi) is 4.61. The Balaban J connectivity index is 1.41. The molecule has 0 spiro atoms. The van der Waals surface area contributed by atoms with Gasteiger partial charge in [-0.05, 0) is 43.9 Å². The zero-order chi connectivity index (χ0) is 13.0. The van der Waals surface area contributed by atoms with Gasteiger partial charge in [0.05, 0.1) is 0 Å². The maximum absolute atomic E-state index is 11.7. The highest BCUT2D eigenvalue weighted by molar-refractivity contribution is 5.81.